The van der Waals surface area contributed by atoms with Gasteiger partial charge in [0.05, 0.1) is 6.54 Å². The third-order valence-corrected chi connectivity index (χ3v) is 3.58. The maximum Gasteiger partial charge on any atom is 0.354 e. The molecule has 7 heteroatoms. The third-order valence-electron chi connectivity index (χ3n) is 3.58. The van der Waals surface area contributed by atoms with Crippen molar-refractivity contribution in [1.82, 2.24) is 24.4 Å². The second-order valence-electron chi connectivity index (χ2n) is 5.09. The fraction of sp³-hybridized carbons (Fsp3) is 0.462. The number of carboxylic acids is 1. The van der Waals surface area contributed by atoms with Crippen LogP contribution in [0.5, 0.6) is 0 Å². The monoisotopic (exact) mass is 275 g/mol. The van der Waals surface area contributed by atoms with E-state index in [4.69, 9.17) is 5.11 Å². The first-order valence-corrected chi connectivity index (χ1v) is 6.62. The first kappa shape index (κ1) is 13.0. The number of nitrogens with zero attached hydrogens (tertiary/aromatic N) is 5. The molecule has 1 N–H and O–H groups in total. The van der Waals surface area contributed by atoms with Crippen molar-refractivity contribution in [3.8, 4) is 0 Å². The third kappa shape index (κ3) is 2.50. The van der Waals surface area contributed by atoms with Gasteiger partial charge in [0.15, 0.2) is 17.2 Å². The summed E-state index contributed by atoms with van der Waals surface area (Å²) in [5.74, 6) is -0.324. The summed E-state index contributed by atoms with van der Waals surface area (Å²) in [6.07, 6.45) is 0. The van der Waals surface area contributed by atoms with E-state index in [2.05, 4.69) is 26.9 Å². The van der Waals surface area contributed by atoms with Crippen LogP contribution in [0.4, 0.5) is 0 Å². The summed E-state index contributed by atoms with van der Waals surface area (Å²) in [6, 6.07) is 4.99. The molecule has 0 radical (unpaired) electrons. The van der Waals surface area contributed by atoms with Crippen molar-refractivity contribution >= 4 is 11.6 Å². The highest BCUT2D eigenvalue weighted by molar-refractivity contribution is 5.86. The van der Waals surface area contributed by atoms with E-state index < -0.39 is 5.97 Å². The Morgan fingerprint density at radius 1 is 1.30 bits per heavy atom. The Morgan fingerprint density at radius 3 is 2.75 bits per heavy atom. The summed E-state index contributed by atoms with van der Waals surface area (Å²) in [5, 5.41) is 13.5. The Bertz CT molecular complexity index is 631. The Labute approximate surface area is 116 Å². The van der Waals surface area contributed by atoms with Crippen LogP contribution < -0.4 is 0 Å². The van der Waals surface area contributed by atoms with E-state index >= 15 is 0 Å². The minimum absolute atomic E-state index is 0.139. The highest BCUT2D eigenvalue weighted by Gasteiger charge is 2.17. The number of hydrogen-bond acceptors (Lipinski definition) is 5. The van der Waals surface area contributed by atoms with Crippen LogP contribution in [0, 0.1) is 0 Å². The standard InChI is InChI=1S/C13H17N5O2/c1-16-5-7-17(8-6-16)9-11-14-12-4-2-3-10(13(19)20)18(12)15-11/h2-4H,5-9H2,1H3,(H,19,20). The van der Waals surface area contributed by atoms with Gasteiger partial charge in [-0.2, -0.15) is 0 Å². The first-order valence-electron chi connectivity index (χ1n) is 6.62. The zero-order valence-electron chi connectivity index (χ0n) is 11.4. The van der Waals surface area contributed by atoms with Crippen LogP contribution in [-0.4, -0.2) is 68.7 Å². The molecule has 3 heterocycles. The van der Waals surface area contributed by atoms with E-state index in [0.717, 1.165) is 26.2 Å². The number of carbonyl (C=O) groups is 1. The van der Waals surface area contributed by atoms with Crippen molar-refractivity contribution in [1.29, 1.82) is 0 Å². The van der Waals surface area contributed by atoms with E-state index in [1.807, 2.05) is 0 Å². The van der Waals surface area contributed by atoms with Gasteiger partial charge in [-0.1, -0.05) is 6.07 Å². The van der Waals surface area contributed by atoms with Gasteiger partial charge in [-0.25, -0.2) is 14.3 Å². The lowest BCUT2D eigenvalue weighted by molar-refractivity contribution is 0.0687. The molecule has 7 nitrogen and oxygen atoms in total. The Morgan fingerprint density at radius 2 is 2.05 bits per heavy atom. The maximum atomic E-state index is 11.1. The number of aromatic carboxylic acids is 1. The average Bonchev–Trinajstić information content (AvgIpc) is 2.83. The summed E-state index contributed by atoms with van der Waals surface area (Å²) in [4.78, 5) is 20.1. The summed E-state index contributed by atoms with van der Waals surface area (Å²) in [7, 11) is 2.11. The fourth-order valence-corrected chi connectivity index (χ4v) is 2.38. The SMILES string of the molecule is CN1CCN(Cc2nc3cccc(C(=O)O)n3n2)CC1. The van der Waals surface area contributed by atoms with Crippen LogP contribution in [-0.2, 0) is 6.54 Å². The molecule has 0 aromatic carbocycles. The number of piperazine rings is 1. The summed E-state index contributed by atoms with van der Waals surface area (Å²) in [6.45, 7) is 4.70. The molecule has 0 amide bonds. The molecule has 1 aliphatic heterocycles. The quantitative estimate of drug-likeness (QED) is 0.861. The number of rotatable bonds is 3. The number of pyridine rings is 1. The molecule has 0 atom stereocenters. The predicted octanol–water partition coefficient (Wildman–Crippen LogP) is 0.175. The summed E-state index contributed by atoms with van der Waals surface area (Å²) in [5.41, 5.74) is 0.716. The minimum Gasteiger partial charge on any atom is -0.477 e. The molecule has 0 bridgehead atoms. The molecular weight excluding hydrogens is 258 g/mol. The lowest BCUT2D eigenvalue weighted by Crippen LogP contribution is -2.44. The normalized spacial score (nSPS) is 17.6. The van der Waals surface area contributed by atoms with Gasteiger partial charge in [0.1, 0.15) is 0 Å². The van der Waals surface area contributed by atoms with Gasteiger partial charge < -0.3 is 10.0 Å². The van der Waals surface area contributed by atoms with Crippen molar-refractivity contribution in [2.75, 3.05) is 33.2 Å². The number of hydrogen-bond donors (Lipinski definition) is 1. The molecule has 3 rings (SSSR count). The number of aromatic nitrogens is 3. The van der Waals surface area contributed by atoms with Crippen LogP contribution in [0.3, 0.4) is 0 Å². The van der Waals surface area contributed by atoms with E-state index in [-0.39, 0.29) is 5.69 Å². The first-order chi connectivity index (χ1) is 9.63. The van der Waals surface area contributed by atoms with Gasteiger partial charge in [-0.15, -0.1) is 5.10 Å². The topological polar surface area (TPSA) is 74.0 Å². The van der Waals surface area contributed by atoms with Crippen LogP contribution in [0.1, 0.15) is 16.3 Å². The Hall–Kier alpha value is -1.99. The fourth-order valence-electron chi connectivity index (χ4n) is 2.38. The van der Waals surface area contributed by atoms with Gasteiger partial charge in [-0.05, 0) is 19.2 Å². The van der Waals surface area contributed by atoms with E-state index in [0.29, 0.717) is 18.0 Å². The molecule has 20 heavy (non-hydrogen) atoms. The maximum absolute atomic E-state index is 11.1. The highest BCUT2D eigenvalue weighted by atomic mass is 16.4. The molecule has 1 aliphatic rings. The lowest BCUT2D eigenvalue weighted by atomic mass is 10.3. The lowest BCUT2D eigenvalue weighted by Gasteiger charge is -2.31. The number of likely N-dealkylation sites (N-methyl/N-ethyl adjacent to an activating group) is 1. The van der Waals surface area contributed by atoms with Crippen molar-refractivity contribution in [2.24, 2.45) is 0 Å². The molecule has 106 valence electrons. The van der Waals surface area contributed by atoms with Crippen molar-refractivity contribution in [3.05, 3.63) is 29.7 Å². The highest BCUT2D eigenvalue weighted by Crippen LogP contribution is 2.09. The second kappa shape index (κ2) is 5.18. The van der Waals surface area contributed by atoms with Gasteiger partial charge in [0.2, 0.25) is 0 Å². The molecule has 0 spiro atoms. The van der Waals surface area contributed by atoms with Crippen LogP contribution in [0.15, 0.2) is 18.2 Å². The Kier molecular flexibility index (Phi) is 3.37. The van der Waals surface area contributed by atoms with Crippen molar-refractivity contribution in [2.45, 2.75) is 6.54 Å². The van der Waals surface area contributed by atoms with Gasteiger partial charge in [0.25, 0.3) is 0 Å². The van der Waals surface area contributed by atoms with E-state index in [1.165, 1.54) is 10.6 Å². The molecule has 0 unspecified atom stereocenters. The zero-order chi connectivity index (χ0) is 14.1. The van der Waals surface area contributed by atoms with Crippen molar-refractivity contribution < 1.29 is 9.90 Å². The zero-order valence-corrected chi connectivity index (χ0v) is 11.4. The largest absolute Gasteiger partial charge is 0.477 e. The molecule has 2 aromatic rings. The minimum atomic E-state index is -0.994. The van der Waals surface area contributed by atoms with Crippen LogP contribution in [0.2, 0.25) is 0 Å². The van der Waals surface area contributed by atoms with Gasteiger partial charge >= 0.3 is 5.97 Å². The van der Waals surface area contributed by atoms with E-state index in [9.17, 15) is 4.79 Å². The smallest absolute Gasteiger partial charge is 0.354 e. The second-order valence-corrected chi connectivity index (χ2v) is 5.09. The number of carboxylic acid groups (broad SMARTS) is 1. The van der Waals surface area contributed by atoms with Crippen LogP contribution in [0.25, 0.3) is 5.65 Å². The molecule has 1 saturated heterocycles. The van der Waals surface area contributed by atoms with Crippen molar-refractivity contribution in [3.63, 3.8) is 0 Å². The summed E-state index contributed by atoms with van der Waals surface area (Å²) < 4.78 is 1.40. The molecule has 0 saturated carbocycles. The average molecular weight is 275 g/mol. The van der Waals surface area contributed by atoms with Crippen LogP contribution >= 0.6 is 0 Å². The van der Waals surface area contributed by atoms with Gasteiger partial charge in [-0.3, -0.25) is 4.90 Å². The predicted molar refractivity (Wildman–Crippen MR) is 72.7 cm³/mol. The number of fused-ring (bicyclic) bond motifs is 1. The summed E-state index contributed by atoms with van der Waals surface area (Å²) >= 11 is 0. The van der Waals surface area contributed by atoms with E-state index in [1.54, 1.807) is 12.1 Å². The molecule has 0 aliphatic carbocycles. The Balaban J connectivity index is 1.82. The van der Waals surface area contributed by atoms with Gasteiger partial charge in [0, 0.05) is 26.2 Å². The molecule has 2 aromatic heterocycles. The molecular formula is C13H17N5O2. The molecule has 1 fully saturated rings.